The Morgan fingerprint density at radius 3 is 2.26 bits per heavy atom. The molecule has 5 nitrogen and oxygen atoms in total. The van der Waals surface area contributed by atoms with Crippen LogP contribution in [0.1, 0.15) is 33.6 Å². The third kappa shape index (κ3) is 4.88. The Bertz CT molecular complexity index is 795. The van der Waals surface area contributed by atoms with Crippen LogP contribution in [0.15, 0.2) is 54.6 Å². The topological polar surface area (TPSA) is 58.6 Å². The molecule has 0 aromatic heterocycles. The summed E-state index contributed by atoms with van der Waals surface area (Å²) in [4.78, 5) is 26.6. The number of nitrogens with zero attached hydrogens (tertiary/aromatic N) is 1. The van der Waals surface area contributed by atoms with E-state index in [2.05, 4.69) is 5.32 Å². The van der Waals surface area contributed by atoms with Crippen molar-refractivity contribution in [2.24, 2.45) is 0 Å². The molecule has 142 valence electrons. The predicted molar refractivity (Wildman–Crippen MR) is 106 cm³/mol. The summed E-state index contributed by atoms with van der Waals surface area (Å²) in [5.41, 5.74) is 2.36. The predicted octanol–water partition coefficient (Wildman–Crippen LogP) is 4.69. The molecule has 0 spiro atoms. The second-order valence-corrected chi connectivity index (χ2v) is 7.76. The highest BCUT2D eigenvalue weighted by molar-refractivity contribution is 5.97. The summed E-state index contributed by atoms with van der Waals surface area (Å²) in [5.74, 6) is -0.175. The first-order chi connectivity index (χ1) is 12.8. The lowest BCUT2D eigenvalue weighted by atomic mass is 10.1. The minimum Gasteiger partial charge on any atom is -0.444 e. The molecule has 1 N–H and O–H groups in total. The average Bonchev–Trinajstić information content (AvgIpc) is 3.12. The quantitative estimate of drug-likeness (QED) is 0.857. The molecule has 2 amide bonds. The summed E-state index contributed by atoms with van der Waals surface area (Å²) in [5, 5.41) is 2.92. The molecule has 2 aromatic rings. The Labute approximate surface area is 160 Å². The van der Waals surface area contributed by atoms with Crippen molar-refractivity contribution in [3.8, 4) is 11.1 Å². The third-order valence-electron chi connectivity index (χ3n) is 4.44. The zero-order chi connectivity index (χ0) is 19.4. The van der Waals surface area contributed by atoms with Crippen LogP contribution in [-0.4, -0.2) is 35.1 Å². The maximum absolute atomic E-state index is 12.7. The fraction of sp³-hybridized carbons (Fsp3) is 0.364. The van der Waals surface area contributed by atoms with E-state index < -0.39 is 17.7 Å². The van der Waals surface area contributed by atoms with Crippen LogP contribution >= 0.6 is 0 Å². The van der Waals surface area contributed by atoms with Crippen molar-refractivity contribution < 1.29 is 14.3 Å². The van der Waals surface area contributed by atoms with Crippen molar-refractivity contribution in [1.29, 1.82) is 0 Å². The van der Waals surface area contributed by atoms with Crippen LogP contribution in [-0.2, 0) is 9.53 Å². The van der Waals surface area contributed by atoms with Crippen LogP contribution in [0.25, 0.3) is 11.1 Å². The number of hydrogen-bond donors (Lipinski definition) is 1. The Hall–Kier alpha value is -2.82. The first-order valence-electron chi connectivity index (χ1n) is 9.29. The van der Waals surface area contributed by atoms with Gasteiger partial charge in [-0.2, -0.15) is 0 Å². The van der Waals surface area contributed by atoms with Crippen LogP contribution in [0.5, 0.6) is 0 Å². The van der Waals surface area contributed by atoms with Gasteiger partial charge in [-0.3, -0.25) is 9.69 Å². The molecule has 1 fully saturated rings. The number of nitrogens with one attached hydrogen (secondary N) is 1. The number of anilines is 1. The van der Waals surface area contributed by atoms with Gasteiger partial charge in [0, 0.05) is 12.2 Å². The third-order valence-corrected chi connectivity index (χ3v) is 4.44. The molecular weight excluding hydrogens is 340 g/mol. The van der Waals surface area contributed by atoms with Crippen molar-refractivity contribution in [3.63, 3.8) is 0 Å². The molecule has 1 saturated heterocycles. The van der Waals surface area contributed by atoms with Gasteiger partial charge in [0.15, 0.2) is 0 Å². The lowest BCUT2D eigenvalue weighted by Gasteiger charge is -2.28. The van der Waals surface area contributed by atoms with Crippen molar-refractivity contribution >= 4 is 17.7 Å². The fourth-order valence-corrected chi connectivity index (χ4v) is 3.18. The van der Waals surface area contributed by atoms with Gasteiger partial charge >= 0.3 is 6.09 Å². The van der Waals surface area contributed by atoms with Gasteiger partial charge in [0.25, 0.3) is 0 Å². The lowest BCUT2D eigenvalue weighted by Crippen LogP contribution is -2.45. The second-order valence-electron chi connectivity index (χ2n) is 7.76. The molecule has 5 heteroatoms. The van der Waals surface area contributed by atoms with Crippen LogP contribution in [0.4, 0.5) is 10.5 Å². The maximum Gasteiger partial charge on any atom is 0.410 e. The van der Waals surface area contributed by atoms with Crippen molar-refractivity contribution in [2.45, 2.75) is 45.3 Å². The van der Waals surface area contributed by atoms with Crippen molar-refractivity contribution in [3.05, 3.63) is 54.6 Å². The Kier molecular flexibility index (Phi) is 5.49. The van der Waals surface area contributed by atoms with E-state index in [4.69, 9.17) is 4.74 Å². The van der Waals surface area contributed by atoms with Gasteiger partial charge in [0.05, 0.1) is 0 Å². The first-order valence-corrected chi connectivity index (χ1v) is 9.29. The van der Waals surface area contributed by atoms with E-state index in [1.165, 1.54) is 4.90 Å². The standard InChI is InChI=1S/C22H26N2O3/c1-22(2,3)27-21(26)24-15-7-10-19(24)20(25)23-18-13-11-17(12-14-18)16-8-5-4-6-9-16/h4-6,8-9,11-14,19H,7,10,15H2,1-3H3,(H,23,25). The smallest absolute Gasteiger partial charge is 0.410 e. The number of hydrogen-bond acceptors (Lipinski definition) is 3. The molecule has 1 aliphatic heterocycles. The molecular formula is C22H26N2O3. The monoisotopic (exact) mass is 366 g/mol. The maximum atomic E-state index is 12.7. The van der Waals surface area contributed by atoms with Gasteiger partial charge < -0.3 is 10.1 Å². The minimum atomic E-state index is -0.575. The highest BCUT2D eigenvalue weighted by atomic mass is 16.6. The molecule has 3 rings (SSSR count). The Morgan fingerprint density at radius 1 is 1.00 bits per heavy atom. The second kappa shape index (κ2) is 7.82. The summed E-state index contributed by atoms with van der Waals surface area (Å²) in [6.45, 7) is 6.01. The number of carbonyl (C=O) groups excluding carboxylic acids is 2. The fourth-order valence-electron chi connectivity index (χ4n) is 3.18. The van der Waals surface area contributed by atoms with Crippen molar-refractivity contribution in [2.75, 3.05) is 11.9 Å². The summed E-state index contributed by atoms with van der Waals surface area (Å²) in [6, 6.07) is 17.3. The summed E-state index contributed by atoms with van der Waals surface area (Å²) in [6.07, 6.45) is 1.01. The lowest BCUT2D eigenvalue weighted by molar-refractivity contribution is -0.120. The summed E-state index contributed by atoms with van der Waals surface area (Å²) < 4.78 is 5.42. The molecule has 1 unspecified atom stereocenters. The molecule has 1 heterocycles. The van der Waals surface area contributed by atoms with Crippen LogP contribution in [0.2, 0.25) is 0 Å². The summed E-state index contributed by atoms with van der Waals surface area (Å²) in [7, 11) is 0. The van der Waals surface area contributed by atoms with Gasteiger partial charge in [-0.05, 0) is 56.9 Å². The van der Waals surface area contributed by atoms with E-state index in [1.54, 1.807) is 0 Å². The van der Waals surface area contributed by atoms with Gasteiger partial charge in [0.2, 0.25) is 5.91 Å². The molecule has 0 bridgehead atoms. The van der Waals surface area contributed by atoms with E-state index in [0.29, 0.717) is 13.0 Å². The van der Waals surface area contributed by atoms with E-state index in [9.17, 15) is 9.59 Å². The zero-order valence-electron chi connectivity index (χ0n) is 16.1. The van der Waals surface area contributed by atoms with Gasteiger partial charge in [0.1, 0.15) is 11.6 Å². The Morgan fingerprint density at radius 2 is 1.63 bits per heavy atom. The number of likely N-dealkylation sites (tertiary alicyclic amines) is 1. The number of ether oxygens (including phenoxy) is 1. The minimum absolute atomic E-state index is 0.175. The van der Waals surface area contributed by atoms with Gasteiger partial charge in [-0.1, -0.05) is 42.5 Å². The normalized spacial score (nSPS) is 16.9. The van der Waals surface area contributed by atoms with Crippen LogP contribution in [0.3, 0.4) is 0 Å². The highest BCUT2D eigenvalue weighted by Gasteiger charge is 2.36. The van der Waals surface area contributed by atoms with Gasteiger partial charge in [-0.25, -0.2) is 4.79 Å². The molecule has 27 heavy (non-hydrogen) atoms. The molecule has 0 aliphatic carbocycles. The molecule has 0 radical (unpaired) electrons. The van der Waals surface area contributed by atoms with E-state index in [0.717, 1.165) is 23.2 Å². The van der Waals surface area contributed by atoms with Crippen molar-refractivity contribution in [1.82, 2.24) is 4.90 Å². The molecule has 1 aliphatic rings. The summed E-state index contributed by atoms with van der Waals surface area (Å²) >= 11 is 0. The van der Waals surface area contributed by atoms with E-state index in [-0.39, 0.29) is 5.91 Å². The van der Waals surface area contributed by atoms with Crippen LogP contribution in [0, 0.1) is 0 Å². The first kappa shape index (κ1) is 19.0. The highest BCUT2D eigenvalue weighted by Crippen LogP contribution is 2.24. The van der Waals surface area contributed by atoms with E-state index >= 15 is 0 Å². The number of amides is 2. The Balaban J connectivity index is 1.65. The number of carbonyl (C=O) groups is 2. The molecule has 1 atom stereocenters. The largest absolute Gasteiger partial charge is 0.444 e. The number of rotatable bonds is 3. The SMILES string of the molecule is CC(C)(C)OC(=O)N1CCCC1C(=O)Nc1ccc(-c2ccccc2)cc1. The zero-order valence-corrected chi connectivity index (χ0v) is 16.1. The number of benzene rings is 2. The van der Waals surface area contributed by atoms with Crippen LogP contribution < -0.4 is 5.32 Å². The molecule has 0 saturated carbocycles. The molecule has 2 aromatic carbocycles. The van der Waals surface area contributed by atoms with E-state index in [1.807, 2.05) is 75.4 Å². The van der Waals surface area contributed by atoms with Gasteiger partial charge in [-0.15, -0.1) is 0 Å². The average molecular weight is 366 g/mol.